The fourth-order valence-corrected chi connectivity index (χ4v) is 3.55. The first-order valence-electron chi connectivity index (χ1n) is 8.00. The van der Waals surface area contributed by atoms with E-state index in [1.165, 1.54) is 0 Å². The Morgan fingerprint density at radius 1 is 1.17 bits per heavy atom. The number of piperidine rings is 1. The molecule has 0 aromatic heterocycles. The first kappa shape index (κ1) is 16.6. The lowest BCUT2D eigenvalue weighted by Gasteiger charge is -2.32. The van der Waals surface area contributed by atoms with Gasteiger partial charge in [-0.15, -0.1) is 0 Å². The third-order valence-corrected chi connectivity index (χ3v) is 5.52. The van der Waals surface area contributed by atoms with Gasteiger partial charge in [-0.05, 0) is 37.0 Å². The Morgan fingerprint density at radius 3 is 2.52 bits per heavy atom. The molecule has 124 valence electrons. The molecule has 0 radical (unpaired) electrons. The number of hydrogen-bond donors (Lipinski definition) is 0. The second kappa shape index (κ2) is 6.70. The summed E-state index contributed by atoms with van der Waals surface area (Å²) >= 11 is 11.9. The summed E-state index contributed by atoms with van der Waals surface area (Å²) < 4.78 is 0. The number of anilines is 1. The molecule has 1 unspecified atom stereocenters. The van der Waals surface area contributed by atoms with Gasteiger partial charge in [-0.3, -0.25) is 9.59 Å². The third-order valence-electron chi connectivity index (χ3n) is 4.78. The van der Waals surface area contributed by atoms with E-state index in [1.807, 2.05) is 4.90 Å². The maximum absolute atomic E-state index is 12.7. The average molecular weight is 355 g/mol. The molecule has 2 aliphatic heterocycles. The summed E-state index contributed by atoms with van der Waals surface area (Å²) in [7, 11) is 0. The first-order valence-corrected chi connectivity index (χ1v) is 8.75. The molecule has 2 amide bonds. The molecule has 2 heterocycles. The summed E-state index contributed by atoms with van der Waals surface area (Å²) in [5.41, 5.74) is 0.701. The molecule has 0 spiro atoms. The van der Waals surface area contributed by atoms with Crippen LogP contribution in [0.5, 0.6) is 0 Å². The second-order valence-corrected chi connectivity index (χ2v) is 7.33. The standard InChI is InChI=1S/C17H20Cl2N2O2/c1-11-4-6-20(7-5-11)17(23)12-8-16(22)21(10-12)13-2-3-14(18)15(19)9-13/h2-3,9,11-12H,4-8,10H2,1H3. The van der Waals surface area contributed by atoms with E-state index in [2.05, 4.69) is 6.92 Å². The van der Waals surface area contributed by atoms with Gasteiger partial charge in [-0.2, -0.15) is 0 Å². The number of amides is 2. The smallest absolute Gasteiger partial charge is 0.228 e. The van der Waals surface area contributed by atoms with Crippen molar-refractivity contribution in [2.24, 2.45) is 11.8 Å². The van der Waals surface area contributed by atoms with E-state index in [9.17, 15) is 9.59 Å². The van der Waals surface area contributed by atoms with E-state index in [-0.39, 0.29) is 24.2 Å². The van der Waals surface area contributed by atoms with Crippen LogP contribution in [0.1, 0.15) is 26.2 Å². The molecule has 23 heavy (non-hydrogen) atoms. The van der Waals surface area contributed by atoms with Gasteiger partial charge >= 0.3 is 0 Å². The highest BCUT2D eigenvalue weighted by Crippen LogP contribution is 2.32. The molecule has 0 N–H and O–H groups in total. The summed E-state index contributed by atoms with van der Waals surface area (Å²) in [6.45, 7) is 4.24. The molecule has 4 nitrogen and oxygen atoms in total. The molecule has 2 saturated heterocycles. The summed E-state index contributed by atoms with van der Waals surface area (Å²) in [5, 5.41) is 0.869. The van der Waals surface area contributed by atoms with Crippen molar-refractivity contribution in [1.29, 1.82) is 0 Å². The Bertz CT molecular complexity index is 627. The van der Waals surface area contributed by atoms with Crippen molar-refractivity contribution in [3.05, 3.63) is 28.2 Å². The highest BCUT2D eigenvalue weighted by molar-refractivity contribution is 6.42. The van der Waals surface area contributed by atoms with Crippen LogP contribution in [-0.4, -0.2) is 36.3 Å². The third kappa shape index (κ3) is 3.48. The zero-order valence-corrected chi connectivity index (χ0v) is 14.6. The van der Waals surface area contributed by atoms with Gasteiger partial charge in [0.25, 0.3) is 0 Å². The number of carbonyl (C=O) groups excluding carboxylic acids is 2. The molecular formula is C17H20Cl2N2O2. The predicted octanol–water partition coefficient (Wildman–Crippen LogP) is 3.60. The normalized spacial score (nSPS) is 22.7. The van der Waals surface area contributed by atoms with Crippen LogP contribution in [0, 0.1) is 11.8 Å². The summed E-state index contributed by atoms with van der Waals surface area (Å²) in [5.74, 6) is 0.488. The fraction of sp³-hybridized carbons (Fsp3) is 0.529. The molecule has 1 aromatic rings. The number of rotatable bonds is 2. The van der Waals surface area contributed by atoms with Crippen LogP contribution in [0.25, 0.3) is 0 Å². The summed E-state index contributed by atoms with van der Waals surface area (Å²) in [6.07, 6.45) is 2.36. The minimum atomic E-state index is -0.259. The Kier molecular flexibility index (Phi) is 4.83. The zero-order valence-electron chi connectivity index (χ0n) is 13.1. The lowest BCUT2D eigenvalue weighted by atomic mass is 9.97. The Labute approximate surface area is 146 Å². The van der Waals surface area contributed by atoms with Gasteiger partial charge in [0.05, 0.1) is 16.0 Å². The van der Waals surface area contributed by atoms with Gasteiger partial charge < -0.3 is 9.80 Å². The van der Waals surface area contributed by atoms with Gasteiger partial charge in [-0.1, -0.05) is 30.1 Å². The largest absolute Gasteiger partial charge is 0.342 e. The number of carbonyl (C=O) groups is 2. The lowest BCUT2D eigenvalue weighted by Crippen LogP contribution is -2.42. The molecule has 2 fully saturated rings. The van der Waals surface area contributed by atoms with Crippen LogP contribution < -0.4 is 4.90 Å². The van der Waals surface area contributed by atoms with Gasteiger partial charge in [0.15, 0.2) is 0 Å². The van der Waals surface area contributed by atoms with E-state index in [0.717, 1.165) is 25.9 Å². The van der Waals surface area contributed by atoms with Crippen molar-refractivity contribution < 1.29 is 9.59 Å². The van der Waals surface area contributed by atoms with E-state index < -0.39 is 0 Å². The van der Waals surface area contributed by atoms with E-state index in [1.54, 1.807) is 23.1 Å². The van der Waals surface area contributed by atoms with Crippen LogP contribution in [0.3, 0.4) is 0 Å². The van der Waals surface area contributed by atoms with Gasteiger partial charge in [-0.25, -0.2) is 0 Å². The SMILES string of the molecule is CC1CCN(C(=O)C2CC(=O)N(c3ccc(Cl)c(Cl)c3)C2)CC1. The van der Waals surface area contributed by atoms with Crippen molar-refractivity contribution in [3.63, 3.8) is 0 Å². The van der Waals surface area contributed by atoms with Crippen LogP contribution >= 0.6 is 23.2 Å². The Hall–Kier alpha value is -1.26. The quantitative estimate of drug-likeness (QED) is 0.813. The van der Waals surface area contributed by atoms with E-state index in [0.29, 0.717) is 28.2 Å². The monoisotopic (exact) mass is 354 g/mol. The van der Waals surface area contributed by atoms with Gasteiger partial charge in [0.2, 0.25) is 11.8 Å². The first-order chi connectivity index (χ1) is 11.0. The molecule has 1 aromatic carbocycles. The van der Waals surface area contributed by atoms with Crippen molar-refractivity contribution >= 4 is 40.7 Å². The highest BCUT2D eigenvalue weighted by atomic mass is 35.5. The minimum absolute atomic E-state index is 0.0351. The lowest BCUT2D eigenvalue weighted by molar-refractivity contribution is -0.137. The number of halogens is 2. The molecular weight excluding hydrogens is 335 g/mol. The Morgan fingerprint density at radius 2 is 1.87 bits per heavy atom. The second-order valence-electron chi connectivity index (χ2n) is 6.51. The molecule has 0 bridgehead atoms. The topological polar surface area (TPSA) is 40.6 Å². The molecule has 1 atom stereocenters. The minimum Gasteiger partial charge on any atom is -0.342 e. The zero-order chi connectivity index (χ0) is 16.6. The van der Waals surface area contributed by atoms with E-state index in [4.69, 9.17) is 23.2 Å². The summed E-state index contributed by atoms with van der Waals surface area (Å²) in [6, 6.07) is 5.12. The maximum atomic E-state index is 12.7. The van der Waals surface area contributed by atoms with Crippen molar-refractivity contribution in [1.82, 2.24) is 4.90 Å². The number of benzene rings is 1. The van der Waals surface area contributed by atoms with Crippen LogP contribution in [-0.2, 0) is 9.59 Å². The molecule has 2 aliphatic rings. The average Bonchev–Trinajstić information content (AvgIpc) is 2.92. The summed E-state index contributed by atoms with van der Waals surface area (Å²) in [4.78, 5) is 28.5. The fourth-order valence-electron chi connectivity index (χ4n) is 3.26. The van der Waals surface area contributed by atoms with Gasteiger partial charge in [0, 0.05) is 31.7 Å². The van der Waals surface area contributed by atoms with Crippen molar-refractivity contribution in [2.75, 3.05) is 24.5 Å². The van der Waals surface area contributed by atoms with Crippen molar-refractivity contribution in [3.8, 4) is 0 Å². The van der Waals surface area contributed by atoms with Crippen LogP contribution in [0.4, 0.5) is 5.69 Å². The molecule has 0 aliphatic carbocycles. The molecule has 6 heteroatoms. The highest BCUT2D eigenvalue weighted by Gasteiger charge is 2.37. The van der Waals surface area contributed by atoms with Crippen molar-refractivity contribution in [2.45, 2.75) is 26.2 Å². The predicted molar refractivity (Wildman–Crippen MR) is 91.9 cm³/mol. The van der Waals surface area contributed by atoms with E-state index >= 15 is 0 Å². The maximum Gasteiger partial charge on any atom is 0.228 e. The Balaban J connectivity index is 1.69. The number of hydrogen-bond acceptors (Lipinski definition) is 2. The number of likely N-dealkylation sites (tertiary alicyclic amines) is 1. The van der Waals surface area contributed by atoms with Gasteiger partial charge in [0.1, 0.15) is 0 Å². The number of nitrogens with zero attached hydrogens (tertiary/aromatic N) is 2. The molecule has 0 saturated carbocycles. The van der Waals surface area contributed by atoms with Crippen LogP contribution in [0.15, 0.2) is 18.2 Å². The van der Waals surface area contributed by atoms with Crippen LogP contribution in [0.2, 0.25) is 10.0 Å². The molecule has 3 rings (SSSR count).